The van der Waals surface area contributed by atoms with Gasteiger partial charge in [-0.25, -0.2) is 8.42 Å². The zero-order valence-corrected chi connectivity index (χ0v) is 16.4. The summed E-state index contributed by atoms with van der Waals surface area (Å²) in [7, 11) is -3.70. The van der Waals surface area contributed by atoms with Gasteiger partial charge in [-0.3, -0.25) is 4.79 Å². The lowest BCUT2D eigenvalue weighted by atomic mass is 10.1. The fourth-order valence-electron chi connectivity index (χ4n) is 3.06. The minimum absolute atomic E-state index is 0.160. The molecule has 1 saturated carbocycles. The number of rotatable bonds is 8. The third kappa shape index (κ3) is 6.64. The van der Waals surface area contributed by atoms with Gasteiger partial charge >= 0.3 is 0 Å². The summed E-state index contributed by atoms with van der Waals surface area (Å²) in [6, 6.07) is 7.62. The molecule has 7 heteroatoms. The van der Waals surface area contributed by atoms with E-state index in [1.54, 1.807) is 30.0 Å². The van der Waals surface area contributed by atoms with Crippen molar-refractivity contribution < 1.29 is 13.2 Å². The van der Waals surface area contributed by atoms with Crippen molar-refractivity contribution in [3.63, 3.8) is 0 Å². The van der Waals surface area contributed by atoms with E-state index in [9.17, 15) is 13.2 Å². The van der Waals surface area contributed by atoms with Crippen LogP contribution in [-0.4, -0.2) is 38.4 Å². The lowest BCUT2D eigenvalue weighted by molar-refractivity contribution is -0.123. The van der Waals surface area contributed by atoms with Crippen LogP contribution < -0.4 is 10.0 Å². The predicted octanol–water partition coefficient (Wildman–Crippen LogP) is 2.93. The monoisotopic (exact) mass is 384 g/mol. The standard InChI is InChI=1S/C18H28N2O3S2/c1-24-14-13-17(18(21)19-15-9-5-2-3-6-10-15)20-25(22,23)16-11-7-4-8-12-16/h4,7-8,11-12,15,17,20H,2-3,5-6,9-10,13-14H2,1H3,(H,19,21)/t17-/m1/s1. The molecule has 1 atom stereocenters. The van der Waals surface area contributed by atoms with E-state index < -0.39 is 16.1 Å². The summed E-state index contributed by atoms with van der Waals surface area (Å²) >= 11 is 1.60. The fraction of sp³-hybridized carbons (Fsp3) is 0.611. The highest BCUT2D eigenvalue weighted by Gasteiger charge is 2.27. The van der Waals surface area contributed by atoms with E-state index in [-0.39, 0.29) is 16.8 Å². The third-order valence-electron chi connectivity index (χ3n) is 4.48. The van der Waals surface area contributed by atoms with Crippen molar-refractivity contribution in [2.75, 3.05) is 12.0 Å². The quantitative estimate of drug-likeness (QED) is 0.676. The van der Waals surface area contributed by atoms with E-state index >= 15 is 0 Å². The van der Waals surface area contributed by atoms with Crippen LogP contribution in [0.4, 0.5) is 0 Å². The van der Waals surface area contributed by atoms with Crippen LogP contribution in [0.2, 0.25) is 0 Å². The molecule has 1 aliphatic rings. The van der Waals surface area contributed by atoms with Crippen LogP contribution in [0.1, 0.15) is 44.9 Å². The highest BCUT2D eigenvalue weighted by atomic mass is 32.2. The number of hydrogen-bond donors (Lipinski definition) is 2. The molecule has 0 aromatic heterocycles. The van der Waals surface area contributed by atoms with Crippen LogP contribution in [0, 0.1) is 0 Å². The molecule has 0 spiro atoms. The largest absolute Gasteiger partial charge is 0.352 e. The Hall–Kier alpha value is -1.05. The van der Waals surface area contributed by atoms with Gasteiger partial charge < -0.3 is 5.32 Å². The normalized spacial score (nSPS) is 17.6. The van der Waals surface area contributed by atoms with E-state index in [0.717, 1.165) is 31.4 Å². The van der Waals surface area contributed by atoms with Gasteiger partial charge in [-0.1, -0.05) is 43.9 Å². The van der Waals surface area contributed by atoms with E-state index in [1.165, 1.54) is 25.0 Å². The van der Waals surface area contributed by atoms with E-state index in [0.29, 0.717) is 6.42 Å². The second-order valence-electron chi connectivity index (χ2n) is 6.47. The molecule has 0 radical (unpaired) electrons. The number of hydrogen-bond acceptors (Lipinski definition) is 4. The summed E-state index contributed by atoms with van der Waals surface area (Å²) in [5.74, 6) is 0.514. The molecule has 5 nitrogen and oxygen atoms in total. The van der Waals surface area contributed by atoms with Gasteiger partial charge in [0.25, 0.3) is 0 Å². The van der Waals surface area contributed by atoms with Crippen molar-refractivity contribution in [2.24, 2.45) is 0 Å². The Balaban J connectivity index is 2.05. The third-order valence-corrected chi connectivity index (χ3v) is 6.61. The van der Waals surface area contributed by atoms with Crippen LogP contribution in [-0.2, 0) is 14.8 Å². The number of thioether (sulfide) groups is 1. The molecule has 0 heterocycles. The molecule has 25 heavy (non-hydrogen) atoms. The Labute approximate surface area is 155 Å². The van der Waals surface area contributed by atoms with Crippen molar-refractivity contribution in [1.82, 2.24) is 10.0 Å². The topological polar surface area (TPSA) is 75.3 Å². The van der Waals surface area contributed by atoms with E-state index in [4.69, 9.17) is 0 Å². The Morgan fingerprint density at radius 1 is 1.16 bits per heavy atom. The predicted molar refractivity (Wildman–Crippen MR) is 103 cm³/mol. The van der Waals surface area contributed by atoms with Gasteiger partial charge in [0, 0.05) is 6.04 Å². The number of carbonyl (C=O) groups excluding carboxylic acids is 1. The lowest BCUT2D eigenvalue weighted by Gasteiger charge is -2.22. The number of nitrogens with one attached hydrogen (secondary N) is 2. The molecule has 1 fully saturated rings. The van der Waals surface area contributed by atoms with Gasteiger partial charge in [0.05, 0.1) is 4.90 Å². The number of benzene rings is 1. The summed E-state index contributed by atoms with van der Waals surface area (Å²) in [5.41, 5.74) is 0. The van der Waals surface area contributed by atoms with Gasteiger partial charge in [-0.05, 0) is 43.4 Å². The second kappa shape index (κ2) is 10.2. The zero-order valence-electron chi connectivity index (χ0n) is 14.7. The molecular weight excluding hydrogens is 356 g/mol. The Bertz CT molecular complexity index is 627. The highest BCUT2D eigenvalue weighted by Crippen LogP contribution is 2.18. The molecule has 1 amide bonds. The molecule has 1 aliphatic carbocycles. The van der Waals surface area contributed by atoms with Crippen molar-refractivity contribution in [3.05, 3.63) is 30.3 Å². The van der Waals surface area contributed by atoms with Crippen molar-refractivity contribution in [1.29, 1.82) is 0 Å². The molecule has 1 aromatic carbocycles. The van der Waals surface area contributed by atoms with Gasteiger partial charge in [0.2, 0.25) is 15.9 Å². The first-order valence-electron chi connectivity index (χ1n) is 8.89. The first kappa shape index (κ1) is 20.3. The molecule has 0 bridgehead atoms. The molecule has 1 aromatic rings. The van der Waals surface area contributed by atoms with Crippen molar-refractivity contribution >= 4 is 27.7 Å². The zero-order chi connectivity index (χ0) is 18.1. The molecule has 2 N–H and O–H groups in total. The molecule has 140 valence electrons. The molecular formula is C18H28N2O3S2. The highest BCUT2D eigenvalue weighted by molar-refractivity contribution is 7.98. The fourth-order valence-corrected chi connectivity index (χ4v) is 4.78. The summed E-state index contributed by atoms with van der Waals surface area (Å²) < 4.78 is 27.7. The summed E-state index contributed by atoms with van der Waals surface area (Å²) in [5, 5.41) is 3.07. The molecule has 0 saturated heterocycles. The van der Waals surface area contributed by atoms with Gasteiger partial charge in [0.1, 0.15) is 6.04 Å². The van der Waals surface area contributed by atoms with Gasteiger partial charge in [0.15, 0.2) is 0 Å². The van der Waals surface area contributed by atoms with Gasteiger partial charge in [-0.15, -0.1) is 0 Å². The summed E-state index contributed by atoms with van der Waals surface area (Å²) in [4.78, 5) is 12.9. The Morgan fingerprint density at radius 2 is 1.80 bits per heavy atom. The first-order valence-corrected chi connectivity index (χ1v) is 11.8. The van der Waals surface area contributed by atoms with Crippen LogP contribution in [0.5, 0.6) is 0 Å². The van der Waals surface area contributed by atoms with Crippen LogP contribution in [0.15, 0.2) is 35.2 Å². The number of amides is 1. The summed E-state index contributed by atoms with van der Waals surface area (Å²) in [6.45, 7) is 0. The molecule has 0 unspecified atom stereocenters. The van der Waals surface area contributed by atoms with Crippen molar-refractivity contribution in [3.8, 4) is 0 Å². The minimum atomic E-state index is -3.70. The van der Waals surface area contributed by atoms with Crippen LogP contribution in [0.3, 0.4) is 0 Å². The SMILES string of the molecule is CSCC[C@@H](NS(=O)(=O)c1ccccc1)C(=O)NC1CCCCCC1. The van der Waals surface area contributed by atoms with Crippen LogP contribution in [0.25, 0.3) is 0 Å². The van der Waals surface area contributed by atoms with Gasteiger partial charge in [-0.2, -0.15) is 16.5 Å². The molecule has 0 aliphatic heterocycles. The maximum Gasteiger partial charge on any atom is 0.241 e. The maximum atomic E-state index is 12.7. The Kier molecular flexibility index (Phi) is 8.26. The lowest BCUT2D eigenvalue weighted by Crippen LogP contribution is -2.49. The Morgan fingerprint density at radius 3 is 2.40 bits per heavy atom. The second-order valence-corrected chi connectivity index (χ2v) is 9.17. The summed E-state index contributed by atoms with van der Waals surface area (Å²) in [6.07, 6.45) is 9.05. The smallest absolute Gasteiger partial charge is 0.241 e. The first-order chi connectivity index (χ1) is 12.0. The van der Waals surface area contributed by atoms with E-state index in [2.05, 4.69) is 10.0 Å². The van der Waals surface area contributed by atoms with E-state index in [1.807, 2.05) is 6.26 Å². The molecule has 2 rings (SSSR count). The van der Waals surface area contributed by atoms with Crippen molar-refractivity contribution in [2.45, 2.75) is 61.9 Å². The maximum absolute atomic E-state index is 12.7. The minimum Gasteiger partial charge on any atom is -0.352 e. The average molecular weight is 385 g/mol. The number of carbonyl (C=O) groups is 1. The number of sulfonamides is 1. The van der Waals surface area contributed by atoms with Crippen LogP contribution >= 0.6 is 11.8 Å². The average Bonchev–Trinajstić information content (AvgIpc) is 2.88.